The van der Waals surface area contributed by atoms with Crippen molar-refractivity contribution >= 4 is 11.6 Å². The molecule has 4 heterocycles. The van der Waals surface area contributed by atoms with Crippen LogP contribution < -0.4 is 4.90 Å². The molecule has 0 spiro atoms. The van der Waals surface area contributed by atoms with Gasteiger partial charge in [0.15, 0.2) is 0 Å². The first-order chi connectivity index (χ1) is 15.5. The summed E-state index contributed by atoms with van der Waals surface area (Å²) in [6.07, 6.45) is 7.12. The van der Waals surface area contributed by atoms with E-state index < -0.39 is 0 Å². The van der Waals surface area contributed by atoms with Crippen LogP contribution in [0.4, 0.5) is 5.69 Å². The zero-order valence-electron chi connectivity index (χ0n) is 19.2. The number of hydrogen-bond donors (Lipinski definition) is 0. The summed E-state index contributed by atoms with van der Waals surface area (Å²) in [5, 5.41) is 0. The van der Waals surface area contributed by atoms with E-state index in [-0.39, 0.29) is 11.3 Å². The summed E-state index contributed by atoms with van der Waals surface area (Å²) in [5.74, 6) is -0.0476. The second-order valence-electron chi connectivity index (χ2n) is 9.84. The van der Waals surface area contributed by atoms with E-state index >= 15 is 0 Å². The van der Waals surface area contributed by atoms with Crippen LogP contribution in [0.2, 0.25) is 0 Å². The number of ether oxygens (including phenoxy) is 1. The van der Waals surface area contributed by atoms with Gasteiger partial charge in [-0.05, 0) is 36.1 Å². The zero-order chi connectivity index (χ0) is 22.1. The van der Waals surface area contributed by atoms with Crippen LogP contribution in [0, 0.1) is 0 Å². The maximum atomic E-state index is 13.1. The highest BCUT2D eigenvalue weighted by atomic mass is 16.5. The van der Waals surface area contributed by atoms with Crippen molar-refractivity contribution in [2.75, 3.05) is 50.8 Å². The predicted molar refractivity (Wildman–Crippen MR) is 124 cm³/mol. The van der Waals surface area contributed by atoms with E-state index in [0.29, 0.717) is 24.8 Å². The molecule has 1 amide bonds. The standard InChI is InChI=1S/C25H33N5O2/c1-25(2)18-30(24(31)23-16-26-7-8-27-23)17-19-15-21(3-4-22(19)25)28-9-5-20(6-10-28)29-11-13-32-14-12-29/h3-4,7-8,15-16,20H,5-6,9-14,17-18H2,1-2H3. The summed E-state index contributed by atoms with van der Waals surface area (Å²) in [4.78, 5) is 28.4. The SMILES string of the molecule is CC1(C)CN(C(=O)c2cnccn2)Cc2cc(N3CCC(N4CCOCC4)CC3)ccc21. The summed E-state index contributed by atoms with van der Waals surface area (Å²) in [6, 6.07) is 7.53. The minimum atomic E-state index is -0.104. The van der Waals surface area contributed by atoms with Gasteiger partial charge in [-0.3, -0.25) is 14.7 Å². The molecule has 0 atom stereocenters. The van der Waals surface area contributed by atoms with Crippen LogP contribution in [0.1, 0.15) is 48.3 Å². The summed E-state index contributed by atoms with van der Waals surface area (Å²) in [5.41, 5.74) is 4.16. The number of fused-ring (bicyclic) bond motifs is 1. The third-order valence-corrected chi connectivity index (χ3v) is 7.23. The second-order valence-corrected chi connectivity index (χ2v) is 9.84. The molecule has 3 aliphatic rings. The van der Waals surface area contributed by atoms with Gasteiger partial charge in [0.25, 0.3) is 5.91 Å². The Balaban J connectivity index is 1.31. The molecular weight excluding hydrogens is 402 g/mol. The first-order valence-electron chi connectivity index (χ1n) is 11.8. The van der Waals surface area contributed by atoms with E-state index in [9.17, 15) is 4.79 Å². The number of rotatable bonds is 3. The van der Waals surface area contributed by atoms with Crippen molar-refractivity contribution in [3.63, 3.8) is 0 Å². The van der Waals surface area contributed by atoms with E-state index in [4.69, 9.17) is 4.74 Å². The Labute approximate surface area is 190 Å². The number of morpholine rings is 1. The number of anilines is 1. The molecule has 7 nitrogen and oxygen atoms in total. The number of piperidine rings is 1. The average Bonchev–Trinajstić information content (AvgIpc) is 2.84. The van der Waals surface area contributed by atoms with Crippen molar-refractivity contribution in [1.82, 2.24) is 19.8 Å². The van der Waals surface area contributed by atoms with Crippen molar-refractivity contribution in [2.24, 2.45) is 0 Å². The molecule has 2 saturated heterocycles. The molecule has 1 aromatic carbocycles. The van der Waals surface area contributed by atoms with Crippen LogP contribution >= 0.6 is 0 Å². The van der Waals surface area contributed by atoms with E-state index in [1.54, 1.807) is 18.6 Å². The molecule has 7 heteroatoms. The van der Waals surface area contributed by atoms with Crippen LogP contribution in [0.5, 0.6) is 0 Å². The lowest BCUT2D eigenvalue weighted by atomic mass is 9.78. The summed E-state index contributed by atoms with van der Waals surface area (Å²) in [6.45, 7) is 11.7. The monoisotopic (exact) mass is 435 g/mol. The Hall–Kier alpha value is -2.51. The summed E-state index contributed by atoms with van der Waals surface area (Å²) < 4.78 is 5.52. The number of hydrogen-bond acceptors (Lipinski definition) is 6. The third-order valence-electron chi connectivity index (χ3n) is 7.23. The number of carbonyl (C=O) groups is 1. The van der Waals surface area contributed by atoms with Crippen molar-refractivity contribution in [3.8, 4) is 0 Å². The smallest absolute Gasteiger partial charge is 0.274 e. The van der Waals surface area contributed by atoms with Crippen molar-refractivity contribution < 1.29 is 9.53 Å². The lowest BCUT2D eigenvalue weighted by Crippen LogP contribution is -2.49. The molecule has 0 saturated carbocycles. The number of carbonyl (C=O) groups excluding carboxylic acids is 1. The molecule has 5 rings (SSSR count). The van der Waals surface area contributed by atoms with Crippen LogP contribution in [0.25, 0.3) is 0 Å². The largest absolute Gasteiger partial charge is 0.379 e. The lowest BCUT2D eigenvalue weighted by molar-refractivity contribution is 0.0115. The highest BCUT2D eigenvalue weighted by Crippen LogP contribution is 2.36. The van der Waals surface area contributed by atoms with E-state index in [2.05, 4.69) is 51.8 Å². The highest BCUT2D eigenvalue weighted by molar-refractivity contribution is 5.92. The van der Waals surface area contributed by atoms with Crippen molar-refractivity contribution in [2.45, 2.75) is 44.7 Å². The molecule has 32 heavy (non-hydrogen) atoms. The minimum Gasteiger partial charge on any atom is -0.379 e. The number of nitrogens with zero attached hydrogens (tertiary/aromatic N) is 5. The van der Waals surface area contributed by atoms with Crippen molar-refractivity contribution in [1.29, 1.82) is 0 Å². The van der Waals surface area contributed by atoms with E-state index in [1.807, 2.05) is 4.90 Å². The van der Waals surface area contributed by atoms with Gasteiger partial charge in [-0.15, -0.1) is 0 Å². The van der Waals surface area contributed by atoms with Crippen LogP contribution in [0.15, 0.2) is 36.8 Å². The van der Waals surface area contributed by atoms with Gasteiger partial charge in [-0.2, -0.15) is 0 Å². The fourth-order valence-corrected chi connectivity index (χ4v) is 5.54. The van der Waals surface area contributed by atoms with Gasteiger partial charge in [0, 0.05) is 68.8 Å². The second kappa shape index (κ2) is 8.79. The third kappa shape index (κ3) is 4.24. The molecule has 170 valence electrons. The van der Waals surface area contributed by atoms with Crippen LogP contribution in [0.3, 0.4) is 0 Å². The Morgan fingerprint density at radius 1 is 1.09 bits per heavy atom. The zero-order valence-corrected chi connectivity index (χ0v) is 19.2. The van der Waals surface area contributed by atoms with Gasteiger partial charge < -0.3 is 14.5 Å². The molecule has 3 aliphatic heterocycles. The molecule has 0 bridgehead atoms. The van der Waals surface area contributed by atoms with Gasteiger partial charge in [0.05, 0.1) is 19.4 Å². The summed E-state index contributed by atoms with van der Waals surface area (Å²) in [7, 11) is 0. The van der Waals surface area contributed by atoms with E-state index in [0.717, 1.165) is 39.4 Å². The van der Waals surface area contributed by atoms with Crippen LogP contribution in [-0.4, -0.2) is 77.7 Å². The Kier molecular flexibility index (Phi) is 5.86. The van der Waals surface area contributed by atoms with Gasteiger partial charge >= 0.3 is 0 Å². The Bertz CT molecular complexity index is 950. The number of benzene rings is 1. The number of amides is 1. The van der Waals surface area contributed by atoms with Gasteiger partial charge in [-0.25, -0.2) is 4.98 Å². The minimum absolute atomic E-state index is 0.0476. The Morgan fingerprint density at radius 2 is 1.88 bits per heavy atom. The molecule has 2 aromatic rings. The Morgan fingerprint density at radius 3 is 2.59 bits per heavy atom. The molecular formula is C25H33N5O2. The predicted octanol–water partition coefficient (Wildman–Crippen LogP) is 2.71. The number of aromatic nitrogens is 2. The van der Waals surface area contributed by atoms with Gasteiger partial charge in [0.2, 0.25) is 0 Å². The fourth-order valence-electron chi connectivity index (χ4n) is 5.54. The molecule has 0 radical (unpaired) electrons. The fraction of sp³-hybridized carbons (Fsp3) is 0.560. The molecule has 0 N–H and O–H groups in total. The maximum Gasteiger partial charge on any atom is 0.274 e. The van der Waals surface area contributed by atoms with Crippen LogP contribution in [-0.2, 0) is 16.7 Å². The topological polar surface area (TPSA) is 61.8 Å². The van der Waals surface area contributed by atoms with E-state index in [1.165, 1.54) is 29.7 Å². The quantitative estimate of drug-likeness (QED) is 0.739. The van der Waals surface area contributed by atoms with Gasteiger partial charge in [-0.1, -0.05) is 19.9 Å². The molecule has 0 unspecified atom stereocenters. The molecule has 0 aliphatic carbocycles. The normalized spacial score (nSPS) is 21.9. The maximum absolute atomic E-state index is 13.1. The molecule has 2 fully saturated rings. The summed E-state index contributed by atoms with van der Waals surface area (Å²) >= 11 is 0. The molecule has 1 aromatic heterocycles. The van der Waals surface area contributed by atoms with Gasteiger partial charge in [0.1, 0.15) is 5.69 Å². The van der Waals surface area contributed by atoms with Crippen molar-refractivity contribution in [3.05, 3.63) is 53.6 Å². The lowest BCUT2D eigenvalue weighted by Gasteiger charge is -2.42. The highest BCUT2D eigenvalue weighted by Gasteiger charge is 2.35. The first kappa shape index (κ1) is 21.3. The first-order valence-corrected chi connectivity index (χ1v) is 11.8. The average molecular weight is 436 g/mol.